The molecule has 2 fully saturated rings. The van der Waals surface area contributed by atoms with Crippen LogP contribution in [0.3, 0.4) is 0 Å². The molecular formula is C26H27N5. The van der Waals surface area contributed by atoms with Crippen LogP contribution in [-0.2, 0) is 12.8 Å². The lowest BCUT2D eigenvalue weighted by Crippen LogP contribution is -2.47. The highest BCUT2D eigenvalue weighted by Gasteiger charge is 2.35. The number of hydrogen-bond acceptors (Lipinski definition) is 4. The van der Waals surface area contributed by atoms with Gasteiger partial charge in [0.15, 0.2) is 0 Å². The second-order valence-corrected chi connectivity index (χ2v) is 9.08. The highest BCUT2D eigenvalue weighted by Crippen LogP contribution is 2.42. The Kier molecular flexibility index (Phi) is 3.82. The maximum Gasteiger partial charge on any atom is 0.144 e. The van der Waals surface area contributed by atoms with E-state index in [4.69, 9.17) is 4.98 Å². The molecule has 4 aromatic rings. The molecule has 1 aliphatic carbocycles. The van der Waals surface area contributed by atoms with Crippen LogP contribution in [0.15, 0.2) is 54.6 Å². The fourth-order valence-electron chi connectivity index (χ4n) is 5.76. The molecule has 2 aromatic carbocycles. The Bertz CT molecular complexity index is 1280. The van der Waals surface area contributed by atoms with E-state index in [9.17, 15) is 0 Å². The van der Waals surface area contributed by atoms with E-state index >= 15 is 0 Å². The van der Waals surface area contributed by atoms with Crippen LogP contribution in [0.4, 0.5) is 11.5 Å². The lowest BCUT2D eigenvalue weighted by Gasteiger charge is -2.38. The van der Waals surface area contributed by atoms with Crippen LogP contribution < -0.4 is 15.1 Å². The predicted octanol–water partition coefficient (Wildman–Crippen LogP) is 3.95. The summed E-state index contributed by atoms with van der Waals surface area (Å²) in [5.41, 5.74) is 9.49. The van der Waals surface area contributed by atoms with E-state index < -0.39 is 0 Å². The first-order chi connectivity index (χ1) is 15.4. The van der Waals surface area contributed by atoms with Gasteiger partial charge in [-0.3, -0.25) is 4.40 Å². The second kappa shape index (κ2) is 6.72. The first-order valence-corrected chi connectivity index (χ1v) is 11.6. The summed E-state index contributed by atoms with van der Waals surface area (Å²) in [6.45, 7) is 5.28. The molecule has 31 heavy (non-hydrogen) atoms. The Balaban J connectivity index is 1.38. The average Bonchev–Trinajstić information content (AvgIpc) is 3.42. The van der Waals surface area contributed by atoms with Gasteiger partial charge < -0.3 is 15.1 Å². The van der Waals surface area contributed by atoms with Gasteiger partial charge in [0, 0.05) is 50.0 Å². The monoisotopic (exact) mass is 409 g/mol. The molecule has 2 aliphatic heterocycles. The third kappa shape index (κ3) is 2.69. The lowest BCUT2D eigenvalue weighted by atomic mass is 10.0. The van der Waals surface area contributed by atoms with Crippen LogP contribution in [0, 0.1) is 0 Å². The van der Waals surface area contributed by atoms with Crippen molar-refractivity contribution in [3.05, 3.63) is 71.3 Å². The number of aromatic nitrogens is 2. The minimum atomic E-state index is 0.482. The van der Waals surface area contributed by atoms with Gasteiger partial charge in [-0.25, -0.2) is 4.98 Å². The molecule has 5 heteroatoms. The minimum Gasteiger partial charge on any atom is -0.368 e. The van der Waals surface area contributed by atoms with E-state index in [2.05, 4.69) is 74.1 Å². The molecule has 0 saturated carbocycles. The van der Waals surface area contributed by atoms with Crippen LogP contribution in [0.25, 0.3) is 16.7 Å². The Hall–Kier alpha value is -3.05. The summed E-state index contributed by atoms with van der Waals surface area (Å²) >= 11 is 0. The van der Waals surface area contributed by atoms with E-state index in [1.165, 1.54) is 47.5 Å². The van der Waals surface area contributed by atoms with Gasteiger partial charge in [-0.1, -0.05) is 30.3 Å². The fourth-order valence-corrected chi connectivity index (χ4v) is 5.76. The first-order valence-electron chi connectivity index (χ1n) is 11.6. The molecule has 7 rings (SSSR count). The van der Waals surface area contributed by atoms with Gasteiger partial charge in [0.25, 0.3) is 0 Å². The zero-order chi connectivity index (χ0) is 20.4. The van der Waals surface area contributed by atoms with Gasteiger partial charge in [0.05, 0.1) is 11.0 Å². The molecule has 0 spiro atoms. The smallest absolute Gasteiger partial charge is 0.144 e. The molecular weight excluding hydrogens is 382 g/mol. The van der Waals surface area contributed by atoms with Gasteiger partial charge in [-0.2, -0.15) is 0 Å². The van der Waals surface area contributed by atoms with Crippen molar-refractivity contribution in [3.63, 3.8) is 0 Å². The SMILES string of the molecule is c1ccc(N2CCN(c3c4c(c([C@H]5CN5)c5nc6ccccc6n35)CCC4)CC2)cc1. The number of nitrogens with one attached hydrogen (secondary N) is 1. The number of pyridine rings is 1. The van der Waals surface area contributed by atoms with E-state index in [1.54, 1.807) is 11.1 Å². The molecule has 0 radical (unpaired) electrons. The third-order valence-corrected chi connectivity index (χ3v) is 7.28. The van der Waals surface area contributed by atoms with Crippen LogP contribution in [0.2, 0.25) is 0 Å². The van der Waals surface area contributed by atoms with Crippen molar-refractivity contribution in [2.75, 3.05) is 42.5 Å². The summed E-state index contributed by atoms with van der Waals surface area (Å²) in [7, 11) is 0. The Morgan fingerprint density at radius 1 is 0.806 bits per heavy atom. The normalized spacial score (nSPS) is 20.6. The van der Waals surface area contributed by atoms with Crippen molar-refractivity contribution in [2.45, 2.75) is 25.3 Å². The van der Waals surface area contributed by atoms with Crippen molar-refractivity contribution in [3.8, 4) is 0 Å². The number of fused-ring (bicyclic) bond motifs is 4. The summed E-state index contributed by atoms with van der Waals surface area (Å²) in [4.78, 5) is 10.3. The van der Waals surface area contributed by atoms with Crippen LogP contribution in [-0.4, -0.2) is 42.1 Å². The van der Waals surface area contributed by atoms with Gasteiger partial charge in [-0.05, 0) is 54.7 Å². The molecule has 156 valence electrons. The summed E-state index contributed by atoms with van der Waals surface area (Å²) in [6.07, 6.45) is 3.64. The second-order valence-electron chi connectivity index (χ2n) is 9.08. The van der Waals surface area contributed by atoms with E-state index in [0.29, 0.717) is 6.04 Å². The Morgan fingerprint density at radius 3 is 2.32 bits per heavy atom. The number of nitrogens with zero attached hydrogens (tertiary/aromatic N) is 4. The fraction of sp³-hybridized carbons (Fsp3) is 0.346. The number of hydrogen-bond donors (Lipinski definition) is 1. The summed E-state index contributed by atoms with van der Waals surface area (Å²) in [5.74, 6) is 1.41. The number of para-hydroxylation sites is 3. The molecule has 4 heterocycles. The van der Waals surface area contributed by atoms with Gasteiger partial charge in [-0.15, -0.1) is 0 Å². The van der Waals surface area contributed by atoms with E-state index in [-0.39, 0.29) is 0 Å². The van der Waals surface area contributed by atoms with Crippen molar-refractivity contribution >= 4 is 28.2 Å². The molecule has 3 aliphatic rings. The number of anilines is 2. The molecule has 0 bridgehead atoms. The van der Waals surface area contributed by atoms with Crippen LogP contribution in [0.5, 0.6) is 0 Å². The number of piperazine rings is 1. The topological polar surface area (TPSA) is 45.7 Å². The van der Waals surface area contributed by atoms with Gasteiger partial charge in [0.2, 0.25) is 0 Å². The van der Waals surface area contributed by atoms with Crippen molar-refractivity contribution in [2.24, 2.45) is 0 Å². The highest BCUT2D eigenvalue weighted by molar-refractivity contribution is 5.86. The van der Waals surface area contributed by atoms with E-state index in [0.717, 1.165) is 38.2 Å². The molecule has 5 nitrogen and oxygen atoms in total. The number of benzene rings is 2. The van der Waals surface area contributed by atoms with Crippen molar-refractivity contribution in [1.82, 2.24) is 14.7 Å². The third-order valence-electron chi connectivity index (χ3n) is 7.28. The molecule has 1 atom stereocenters. The van der Waals surface area contributed by atoms with Gasteiger partial charge >= 0.3 is 0 Å². The minimum absolute atomic E-state index is 0.482. The molecule has 2 aromatic heterocycles. The first kappa shape index (κ1) is 17.6. The van der Waals surface area contributed by atoms with Gasteiger partial charge in [0.1, 0.15) is 11.5 Å². The predicted molar refractivity (Wildman–Crippen MR) is 126 cm³/mol. The molecule has 0 unspecified atom stereocenters. The molecule has 2 saturated heterocycles. The van der Waals surface area contributed by atoms with Crippen molar-refractivity contribution in [1.29, 1.82) is 0 Å². The zero-order valence-electron chi connectivity index (χ0n) is 17.7. The van der Waals surface area contributed by atoms with E-state index in [1.807, 2.05) is 0 Å². The number of imidazole rings is 1. The largest absolute Gasteiger partial charge is 0.368 e. The van der Waals surface area contributed by atoms with Crippen molar-refractivity contribution < 1.29 is 0 Å². The maximum absolute atomic E-state index is 5.16. The summed E-state index contributed by atoms with van der Waals surface area (Å²) in [5, 5.41) is 3.57. The molecule has 0 amide bonds. The summed E-state index contributed by atoms with van der Waals surface area (Å²) < 4.78 is 2.49. The highest BCUT2D eigenvalue weighted by atomic mass is 15.3. The number of rotatable bonds is 3. The van der Waals surface area contributed by atoms with Crippen LogP contribution in [0.1, 0.15) is 29.2 Å². The zero-order valence-corrected chi connectivity index (χ0v) is 17.7. The average molecular weight is 410 g/mol. The maximum atomic E-state index is 5.16. The summed E-state index contributed by atoms with van der Waals surface area (Å²) in [6, 6.07) is 20.0. The standard InChI is InChI=1S/C26H27N5/c1-2-7-18(8-3-1)29-13-15-30(16-14-29)26-20-10-6-9-19(20)24(22-17-27-22)25-28-21-11-4-5-12-23(21)31(25)26/h1-5,7-8,11-12,22,27H,6,9-10,13-17H2/t22-/m1/s1. The lowest BCUT2D eigenvalue weighted by molar-refractivity contribution is 0.643. The Morgan fingerprint density at radius 2 is 1.52 bits per heavy atom. The van der Waals surface area contributed by atoms with Crippen LogP contribution >= 0.6 is 0 Å². The Labute approximate surface area is 182 Å². The quantitative estimate of drug-likeness (QED) is 0.521. The molecule has 1 N–H and O–H groups in total.